The van der Waals surface area contributed by atoms with Crippen LogP contribution in [-0.4, -0.2) is 11.2 Å². The Morgan fingerprint density at radius 3 is 2.48 bits per heavy atom. The number of aryl methyl sites for hydroxylation is 3. The summed E-state index contributed by atoms with van der Waals surface area (Å²) in [6.07, 6.45) is 1.80. The molecule has 3 nitrogen and oxygen atoms in total. The molecule has 0 radical (unpaired) electrons. The molecule has 4 heteroatoms. The summed E-state index contributed by atoms with van der Waals surface area (Å²) in [5.74, 6) is 0. The van der Waals surface area contributed by atoms with Crippen LogP contribution in [0.25, 0.3) is 11.3 Å². The van der Waals surface area contributed by atoms with Gasteiger partial charge in [-0.2, -0.15) is 5.10 Å². The number of hydrazone groups is 1. The van der Waals surface area contributed by atoms with Gasteiger partial charge in [-0.1, -0.05) is 53.6 Å². The van der Waals surface area contributed by atoms with Crippen molar-refractivity contribution in [2.24, 2.45) is 5.10 Å². The summed E-state index contributed by atoms with van der Waals surface area (Å²) in [5.41, 5.74) is 9.98. The third kappa shape index (κ3) is 3.85. The van der Waals surface area contributed by atoms with Crippen LogP contribution < -0.4 is 5.43 Å². The van der Waals surface area contributed by atoms with E-state index in [0.29, 0.717) is 0 Å². The molecular weight excluding hydrogens is 302 g/mol. The van der Waals surface area contributed by atoms with E-state index in [2.05, 4.69) is 72.0 Å². The molecule has 1 aromatic heterocycles. The van der Waals surface area contributed by atoms with Gasteiger partial charge in [0.25, 0.3) is 0 Å². The Bertz CT molecular complexity index is 832. The van der Waals surface area contributed by atoms with Gasteiger partial charge in [-0.3, -0.25) is 5.43 Å². The second-order valence-electron chi connectivity index (χ2n) is 5.64. The molecule has 0 aliphatic rings. The van der Waals surface area contributed by atoms with Crippen molar-refractivity contribution in [2.45, 2.75) is 20.8 Å². The number of anilines is 1. The van der Waals surface area contributed by atoms with E-state index in [-0.39, 0.29) is 0 Å². The maximum Gasteiger partial charge on any atom is 0.203 e. The smallest absolute Gasteiger partial charge is 0.203 e. The van der Waals surface area contributed by atoms with E-state index >= 15 is 0 Å². The van der Waals surface area contributed by atoms with Crippen molar-refractivity contribution in [1.29, 1.82) is 0 Å². The zero-order valence-electron chi connectivity index (χ0n) is 13.5. The number of hydrogen-bond acceptors (Lipinski definition) is 4. The molecule has 0 unspecified atom stereocenters. The number of rotatable bonds is 4. The fraction of sp³-hybridized carbons (Fsp3) is 0.158. The van der Waals surface area contributed by atoms with Crippen molar-refractivity contribution >= 4 is 22.7 Å². The monoisotopic (exact) mass is 321 g/mol. The molecule has 2 aromatic carbocycles. The lowest BCUT2D eigenvalue weighted by Crippen LogP contribution is -1.91. The molecule has 3 aromatic rings. The number of benzene rings is 2. The maximum absolute atomic E-state index is 4.61. The predicted molar refractivity (Wildman–Crippen MR) is 99.4 cm³/mol. The minimum atomic E-state index is 0.795. The lowest BCUT2D eigenvalue weighted by molar-refractivity contribution is 1.28. The fourth-order valence-corrected chi connectivity index (χ4v) is 3.02. The van der Waals surface area contributed by atoms with Crippen LogP contribution in [0, 0.1) is 20.8 Å². The van der Waals surface area contributed by atoms with Crippen LogP contribution in [0.4, 0.5) is 5.13 Å². The Balaban J connectivity index is 1.71. The summed E-state index contributed by atoms with van der Waals surface area (Å²) >= 11 is 1.56. The highest BCUT2D eigenvalue weighted by molar-refractivity contribution is 7.14. The summed E-state index contributed by atoms with van der Waals surface area (Å²) < 4.78 is 0. The van der Waals surface area contributed by atoms with E-state index in [1.54, 1.807) is 17.6 Å². The lowest BCUT2D eigenvalue weighted by atomic mass is 10.0. The molecule has 0 bridgehead atoms. The Morgan fingerprint density at radius 2 is 1.74 bits per heavy atom. The quantitative estimate of drug-likeness (QED) is 0.531. The maximum atomic E-state index is 4.61. The van der Waals surface area contributed by atoms with Crippen molar-refractivity contribution < 1.29 is 0 Å². The number of nitrogens with zero attached hydrogens (tertiary/aromatic N) is 2. The van der Waals surface area contributed by atoms with Gasteiger partial charge in [0, 0.05) is 10.9 Å². The Hall–Kier alpha value is -2.46. The van der Waals surface area contributed by atoms with Gasteiger partial charge in [0.15, 0.2) is 0 Å². The minimum absolute atomic E-state index is 0.795. The first-order valence-corrected chi connectivity index (χ1v) is 8.39. The molecule has 0 atom stereocenters. The third-order valence-electron chi connectivity index (χ3n) is 3.61. The van der Waals surface area contributed by atoms with Crippen molar-refractivity contribution in [3.8, 4) is 11.3 Å². The number of nitrogens with one attached hydrogen (secondary N) is 1. The van der Waals surface area contributed by atoms with Crippen LogP contribution in [0.1, 0.15) is 22.3 Å². The molecule has 1 N–H and O–H groups in total. The van der Waals surface area contributed by atoms with Crippen LogP contribution >= 0.6 is 11.3 Å². The molecule has 0 saturated heterocycles. The van der Waals surface area contributed by atoms with E-state index in [1.807, 2.05) is 12.1 Å². The van der Waals surface area contributed by atoms with E-state index in [9.17, 15) is 0 Å². The molecule has 0 spiro atoms. The predicted octanol–water partition coefficient (Wildman–Crippen LogP) is 5.18. The van der Waals surface area contributed by atoms with Crippen molar-refractivity contribution in [2.75, 3.05) is 5.43 Å². The fourth-order valence-electron chi connectivity index (χ4n) is 2.36. The molecule has 0 saturated carbocycles. The molecule has 23 heavy (non-hydrogen) atoms. The minimum Gasteiger partial charge on any atom is -0.253 e. The van der Waals surface area contributed by atoms with Gasteiger partial charge in [-0.15, -0.1) is 11.3 Å². The number of hydrogen-bond donors (Lipinski definition) is 1. The summed E-state index contributed by atoms with van der Waals surface area (Å²) in [5, 5.41) is 7.11. The normalized spacial score (nSPS) is 11.1. The molecule has 1 heterocycles. The average molecular weight is 321 g/mol. The van der Waals surface area contributed by atoms with Gasteiger partial charge in [0.2, 0.25) is 5.13 Å². The highest BCUT2D eigenvalue weighted by Gasteiger charge is 2.06. The Labute approximate surface area is 140 Å². The topological polar surface area (TPSA) is 37.3 Å². The van der Waals surface area contributed by atoms with Gasteiger partial charge >= 0.3 is 0 Å². The Kier molecular flexibility index (Phi) is 4.53. The lowest BCUT2D eigenvalue weighted by Gasteiger charge is -2.03. The van der Waals surface area contributed by atoms with Gasteiger partial charge in [-0.25, -0.2) is 4.98 Å². The first-order valence-electron chi connectivity index (χ1n) is 7.51. The largest absolute Gasteiger partial charge is 0.253 e. The highest BCUT2D eigenvalue weighted by Crippen LogP contribution is 2.27. The van der Waals surface area contributed by atoms with Crippen LogP contribution in [-0.2, 0) is 0 Å². The van der Waals surface area contributed by atoms with Gasteiger partial charge in [-0.05, 0) is 31.9 Å². The first kappa shape index (κ1) is 15.4. The summed E-state index contributed by atoms with van der Waals surface area (Å²) in [7, 11) is 0. The van der Waals surface area contributed by atoms with E-state index < -0.39 is 0 Å². The van der Waals surface area contributed by atoms with Crippen LogP contribution in [0.2, 0.25) is 0 Å². The molecular formula is C19H19N3S. The van der Waals surface area contributed by atoms with Gasteiger partial charge in [0.05, 0.1) is 11.9 Å². The first-order chi connectivity index (χ1) is 11.1. The summed E-state index contributed by atoms with van der Waals surface area (Å²) in [6.45, 7) is 6.29. The number of thiazole rings is 1. The molecule has 0 aliphatic carbocycles. The van der Waals surface area contributed by atoms with Crippen molar-refractivity contribution in [1.82, 2.24) is 4.98 Å². The molecule has 0 amide bonds. The second-order valence-corrected chi connectivity index (χ2v) is 6.50. The SMILES string of the molecule is Cc1ccc(/C=N\Nc2nc(-c3ccc(C)cc3C)cs2)cc1. The van der Waals surface area contributed by atoms with Crippen molar-refractivity contribution in [3.05, 3.63) is 70.1 Å². The zero-order chi connectivity index (χ0) is 16.2. The zero-order valence-corrected chi connectivity index (χ0v) is 14.3. The van der Waals surface area contributed by atoms with Crippen LogP contribution in [0.15, 0.2) is 52.9 Å². The standard InChI is InChI=1S/C19H19N3S/c1-13-4-7-16(8-5-13)11-20-22-19-21-18(12-23-19)17-9-6-14(2)10-15(17)3/h4-12H,1-3H3,(H,21,22)/b20-11-. The van der Waals surface area contributed by atoms with Crippen molar-refractivity contribution in [3.63, 3.8) is 0 Å². The van der Waals surface area contributed by atoms with E-state index in [1.165, 1.54) is 22.3 Å². The summed E-state index contributed by atoms with van der Waals surface area (Å²) in [4.78, 5) is 4.61. The summed E-state index contributed by atoms with van der Waals surface area (Å²) in [6, 6.07) is 14.7. The third-order valence-corrected chi connectivity index (χ3v) is 4.36. The second kappa shape index (κ2) is 6.75. The Morgan fingerprint density at radius 1 is 1.00 bits per heavy atom. The number of aromatic nitrogens is 1. The molecule has 0 aliphatic heterocycles. The van der Waals surface area contributed by atoms with E-state index in [4.69, 9.17) is 0 Å². The highest BCUT2D eigenvalue weighted by atomic mass is 32.1. The molecule has 3 rings (SSSR count). The van der Waals surface area contributed by atoms with Gasteiger partial charge < -0.3 is 0 Å². The molecule has 116 valence electrons. The van der Waals surface area contributed by atoms with Crippen LogP contribution in [0.3, 0.4) is 0 Å². The van der Waals surface area contributed by atoms with E-state index in [0.717, 1.165) is 16.4 Å². The molecule has 0 fully saturated rings. The van der Waals surface area contributed by atoms with Gasteiger partial charge in [0.1, 0.15) is 0 Å². The average Bonchev–Trinajstić information content (AvgIpc) is 2.98. The van der Waals surface area contributed by atoms with Crippen LogP contribution in [0.5, 0.6) is 0 Å².